The normalized spacial score (nSPS) is 18.1. The lowest BCUT2D eigenvalue weighted by atomic mass is 9.98. The van der Waals surface area contributed by atoms with Crippen LogP contribution in [0.4, 0.5) is 0 Å². The molecule has 0 aliphatic heterocycles. The zero-order chi connectivity index (χ0) is 11.7. The summed E-state index contributed by atoms with van der Waals surface area (Å²) >= 11 is 5.93. The van der Waals surface area contributed by atoms with Gasteiger partial charge in [0.25, 0.3) is 0 Å². The lowest BCUT2D eigenvalue weighted by molar-refractivity contribution is 0.121. The van der Waals surface area contributed by atoms with Crippen molar-refractivity contribution in [2.75, 3.05) is 7.11 Å². The molecule has 0 unspecified atom stereocenters. The molecule has 2 rings (SSSR count). The molecule has 1 aliphatic rings. The molecule has 1 aromatic carbocycles. The molecule has 0 bridgehead atoms. The van der Waals surface area contributed by atoms with Crippen LogP contribution in [-0.2, 0) is 0 Å². The number of benzene rings is 1. The summed E-state index contributed by atoms with van der Waals surface area (Å²) in [6.45, 7) is 0. The first-order chi connectivity index (χ1) is 7.63. The summed E-state index contributed by atoms with van der Waals surface area (Å²) < 4.78 is 5.22. The molecule has 3 N–H and O–H groups in total. The number of hydrogen-bond acceptors (Lipinski definition) is 3. The maximum atomic E-state index is 10.00. The highest BCUT2D eigenvalue weighted by molar-refractivity contribution is 6.30. The smallest absolute Gasteiger partial charge is 0.123 e. The quantitative estimate of drug-likeness (QED) is 0.889. The van der Waals surface area contributed by atoms with Crippen molar-refractivity contribution in [2.45, 2.75) is 25.0 Å². The summed E-state index contributed by atoms with van der Waals surface area (Å²) in [6.07, 6.45) is 1.60. The van der Waals surface area contributed by atoms with E-state index in [0.29, 0.717) is 16.7 Å². The molecule has 96 valence electrons. The van der Waals surface area contributed by atoms with Gasteiger partial charge >= 0.3 is 0 Å². The van der Waals surface area contributed by atoms with E-state index >= 15 is 0 Å². The predicted octanol–water partition coefficient (Wildman–Crippen LogP) is 2.54. The van der Waals surface area contributed by atoms with Crippen molar-refractivity contribution in [3.8, 4) is 5.75 Å². The molecule has 1 fully saturated rings. The molecule has 0 saturated heterocycles. The highest BCUT2D eigenvalue weighted by Gasteiger charge is 2.35. The van der Waals surface area contributed by atoms with E-state index in [1.54, 1.807) is 25.3 Å². The molecule has 1 aliphatic carbocycles. The van der Waals surface area contributed by atoms with Crippen LogP contribution < -0.4 is 10.5 Å². The predicted molar refractivity (Wildman–Crippen MR) is 70.9 cm³/mol. The van der Waals surface area contributed by atoms with Gasteiger partial charge in [-0.15, -0.1) is 12.4 Å². The molecule has 3 nitrogen and oxygen atoms in total. The molecule has 1 aromatic rings. The van der Waals surface area contributed by atoms with Gasteiger partial charge in [-0.05, 0) is 37.0 Å². The highest BCUT2D eigenvalue weighted by Crippen LogP contribution is 2.39. The fourth-order valence-electron chi connectivity index (χ4n) is 1.88. The molecule has 17 heavy (non-hydrogen) atoms. The molecular formula is C12H17Cl2NO2. The maximum absolute atomic E-state index is 10.00. The minimum Gasteiger partial charge on any atom is -0.496 e. The molecule has 0 radical (unpaired) electrons. The van der Waals surface area contributed by atoms with Gasteiger partial charge in [0.1, 0.15) is 5.75 Å². The van der Waals surface area contributed by atoms with Crippen LogP contribution in [0, 0.1) is 5.92 Å². The van der Waals surface area contributed by atoms with Crippen LogP contribution >= 0.6 is 24.0 Å². The van der Waals surface area contributed by atoms with Crippen LogP contribution in [0.1, 0.15) is 24.4 Å². The van der Waals surface area contributed by atoms with Crippen molar-refractivity contribution in [1.29, 1.82) is 0 Å². The fraction of sp³-hybridized carbons (Fsp3) is 0.500. The number of nitrogens with two attached hydrogens (primary N) is 1. The van der Waals surface area contributed by atoms with Crippen molar-refractivity contribution < 1.29 is 9.84 Å². The van der Waals surface area contributed by atoms with Crippen molar-refractivity contribution >= 4 is 24.0 Å². The van der Waals surface area contributed by atoms with Crippen LogP contribution in [0.5, 0.6) is 5.75 Å². The minimum atomic E-state index is -0.507. The first-order valence-corrected chi connectivity index (χ1v) is 5.78. The van der Waals surface area contributed by atoms with Gasteiger partial charge in [0.2, 0.25) is 0 Å². The fourth-order valence-corrected chi connectivity index (χ4v) is 2.06. The second-order valence-electron chi connectivity index (χ2n) is 4.24. The van der Waals surface area contributed by atoms with E-state index in [0.717, 1.165) is 18.4 Å². The zero-order valence-electron chi connectivity index (χ0n) is 9.60. The molecule has 1 saturated carbocycles. The van der Waals surface area contributed by atoms with Crippen LogP contribution in [0.25, 0.3) is 0 Å². The Morgan fingerprint density at radius 1 is 1.47 bits per heavy atom. The average Bonchev–Trinajstić information content (AvgIpc) is 3.11. The lowest BCUT2D eigenvalue weighted by Crippen LogP contribution is -2.28. The van der Waals surface area contributed by atoms with Gasteiger partial charge in [-0.3, -0.25) is 0 Å². The van der Waals surface area contributed by atoms with Crippen molar-refractivity contribution in [2.24, 2.45) is 11.7 Å². The van der Waals surface area contributed by atoms with Gasteiger partial charge in [-0.2, -0.15) is 0 Å². The third-order valence-corrected chi connectivity index (χ3v) is 3.26. The van der Waals surface area contributed by atoms with E-state index in [2.05, 4.69) is 0 Å². The monoisotopic (exact) mass is 277 g/mol. The number of halogens is 2. The highest BCUT2D eigenvalue weighted by atomic mass is 35.5. The second-order valence-corrected chi connectivity index (χ2v) is 4.68. The van der Waals surface area contributed by atoms with E-state index in [1.807, 2.05) is 0 Å². The SMILES string of the molecule is COc1ccc(Cl)cc1[C@H](N)[C@H](O)C1CC1.Cl. The van der Waals surface area contributed by atoms with E-state index in [4.69, 9.17) is 22.1 Å². The molecule has 0 spiro atoms. The number of methoxy groups -OCH3 is 1. The molecule has 0 amide bonds. The Bertz CT molecular complexity index is 383. The van der Waals surface area contributed by atoms with E-state index in [-0.39, 0.29) is 12.4 Å². The third-order valence-electron chi connectivity index (χ3n) is 3.02. The van der Waals surface area contributed by atoms with Crippen molar-refractivity contribution in [1.82, 2.24) is 0 Å². The number of hydrogen-bond donors (Lipinski definition) is 2. The standard InChI is InChI=1S/C12H16ClNO2.ClH/c1-16-10-5-4-8(13)6-9(10)11(14)12(15)7-2-3-7;/h4-7,11-12,15H,2-3,14H2,1H3;1H/t11-,12+;/m0./s1. The largest absolute Gasteiger partial charge is 0.496 e. The van der Waals surface area contributed by atoms with Gasteiger partial charge in [-0.25, -0.2) is 0 Å². The Balaban J connectivity index is 0.00000144. The van der Waals surface area contributed by atoms with Gasteiger partial charge in [0, 0.05) is 10.6 Å². The van der Waals surface area contributed by atoms with Crippen molar-refractivity contribution in [3.05, 3.63) is 28.8 Å². The summed E-state index contributed by atoms with van der Waals surface area (Å²) in [5, 5.41) is 10.6. The molecule has 5 heteroatoms. The summed E-state index contributed by atoms with van der Waals surface area (Å²) in [5.74, 6) is 1.01. The average molecular weight is 278 g/mol. The lowest BCUT2D eigenvalue weighted by Gasteiger charge is -2.21. The van der Waals surface area contributed by atoms with Crippen LogP contribution in [0.15, 0.2) is 18.2 Å². The Kier molecular flexibility index (Phi) is 5.07. The molecule has 0 heterocycles. The summed E-state index contributed by atoms with van der Waals surface area (Å²) in [7, 11) is 1.59. The number of rotatable bonds is 4. The van der Waals surface area contributed by atoms with Gasteiger partial charge in [0.05, 0.1) is 19.3 Å². The van der Waals surface area contributed by atoms with Crippen molar-refractivity contribution in [3.63, 3.8) is 0 Å². The Morgan fingerprint density at radius 2 is 2.12 bits per heavy atom. The van der Waals surface area contributed by atoms with E-state index in [1.165, 1.54) is 0 Å². The topological polar surface area (TPSA) is 55.5 Å². The summed E-state index contributed by atoms with van der Waals surface area (Å²) in [5.41, 5.74) is 6.81. The maximum Gasteiger partial charge on any atom is 0.123 e. The van der Waals surface area contributed by atoms with Crippen LogP contribution in [-0.4, -0.2) is 18.3 Å². The zero-order valence-corrected chi connectivity index (χ0v) is 11.2. The van der Waals surface area contributed by atoms with Gasteiger partial charge in [-0.1, -0.05) is 11.6 Å². The first-order valence-electron chi connectivity index (χ1n) is 5.40. The Hall–Kier alpha value is -0.480. The van der Waals surface area contributed by atoms with Crippen LogP contribution in [0.3, 0.4) is 0 Å². The van der Waals surface area contributed by atoms with E-state index < -0.39 is 12.1 Å². The number of aliphatic hydroxyl groups excluding tert-OH is 1. The number of ether oxygens (including phenoxy) is 1. The first kappa shape index (κ1) is 14.6. The van der Waals surface area contributed by atoms with Gasteiger partial charge < -0.3 is 15.6 Å². The third kappa shape index (κ3) is 3.26. The molecule has 0 aromatic heterocycles. The molecule has 2 atom stereocenters. The number of aliphatic hydroxyl groups is 1. The van der Waals surface area contributed by atoms with E-state index in [9.17, 15) is 5.11 Å². The Labute approximate surface area is 112 Å². The second kappa shape index (κ2) is 5.91. The summed E-state index contributed by atoms with van der Waals surface area (Å²) in [6, 6.07) is 4.86. The summed E-state index contributed by atoms with van der Waals surface area (Å²) in [4.78, 5) is 0. The molecular weight excluding hydrogens is 261 g/mol. The Morgan fingerprint density at radius 3 is 2.65 bits per heavy atom. The van der Waals surface area contributed by atoms with Gasteiger partial charge in [0.15, 0.2) is 0 Å². The minimum absolute atomic E-state index is 0. The van der Waals surface area contributed by atoms with Crippen LogP contribution in [0.2, 0.25) is 5.02 Å².